The summed E-state index contributed by atoms with van der Waals surface area (Å²) in [5.74, 6) is -2.89. The number of anilines is 1. The van der Waals surface area contributed by atoms with Gasteiger partial charge in [-0.15, -0.1) is 0 Å². The average Bonchev–Trinajstić information content (AvgIpc) is 3.00. The molecule has 0 aliphatic carbocycles. The van der Waals surface area contributed by atoms with Crippen molar-refractivity contribution in [2.45, 2.75) is 37.3 Å². The van der Waals surface area contributed by atoms with Gasteiger partial charge in [0.25, 0.3) is 5.91 Å². The van der Waals surface area contributed by atoms with E-state index in [4.69, 9.17) is 0 Å². The molecule has 0 saturated carbocycles. The molecular formula is C20H21F3N2O3S. The molecule has 2 aromatic carbocycles. The fraction of sp³-hybridized carbons (Fsp3) is 0.350. The quantitative estimate of drug-likeness (QED) is 0.777. The van der Waals surface area contributed by atoms with Crippen LogP contribution in [0.15, 0.2) is 41.3 Å². The third-order valence-corrected chi connectivity index (χ3v) is 6.81. The maximum atomic E-state index is 13.5. The lowest BCUT2D eigenvalue weighted by Crippen LogP contribution is -2.32. The molecule has 0 spiro atoms. The second-order valence-corrected chi connectivity index (χ2v) is 8.76. The van der Waals surface area contributed by atoms with Crippen molar-refractivity contribution in [1.29, 1.82) is 0 Å². The molecule has 1 fully saturated rings. The second kappa shape index (κ2) is 8.96. The Hall–Kier alpha value is -2.39. The Kier molecular flexibility index (Phi) is 6.59. The number of carbonyl (C=O) groups is 1. The SMILES string of the molecule is O=C(Nc1ccc(F)c(F)c1)c1ccc(CF)c(S(=O)(=O)N2CCCCCC2)c1. The molecule has 1 saturated heterocycles. The van der Waals surface area contributed by atoms with Crippen molar-refractivity contribution >= 4 is 21.6 Å². The Bertz CT molecular complexity index is 1000. The molecule has 0 atom stereocenters. The van der Waals surface area contributed by atoms with Gasteiger partial charge in [0.1, 0.15) is 6.67 Å². The van der Waals surface area contributed by atoms with Crippen LogP contribution < -0.4 is 5.32 Å². The number of rotatable bonds is 5. The molecule has 1 N–H and O–H groups in total. The lowest BCUT2D eigenvalue weighted by atomic mass is 10.1. The highest BCUT2D eigenvalue weighted by Gasteiger charge is 2.28. The summed E-state index contributed by atoms with van der Waals surface area (Å²) >= 11 is 0. The van der Waals surface area contributed by atoms with Crippen LogP contribution in [0, 0.1) is 11.6 Å². The molecule has 3 rings (SSSR count). The average molecular weight is 426 g/mol. The maximum absolute atomic E-state index is 13.5. The van der Waals surface area contributed by atoms with Crippen molar-refractivity contribution in [1.82, 2.24) is 4.31 Å². The molecular weight excluding hydrogens is 405 g/mol. The summed E-state index contributed by atoms with van der Waals surface area (Å²) in [6.45, 7) is -0.299. The molecule has 0 radical (unpaired) electrons. The van der Waals surface area contributed by atoms with Crippen LogP contribution in [-0.4, -0.2) is 31.7 Å². The highest BCUT2D eigenvalue weighted by atomic mass is 32.2. The van der Waals surface area contributed by atoms with Crippen LogP contribution in [0.5, 0.6) is 0 Å². The van der Waals surface area contributed by atoms with Gasteiger partial charge in [0, 0.05) is 36.0 Å². The standard InChI is InChI=1S/C20H21F3N2O3S/c21-13-15-6-5-14(20(26)24-16-7-8-17(22)18(23)12-16)11-19(15)29(27,28)25-9-3-1-2-4-10-25/h5-8,11-12H,1-4,9-10,13H2,(H,24,26). The highest BCUT2D eigenvalue weighted by Crippen LogP contribution is 2.26. The van der Waals surface area contributed by atoms with Gasteiger partial charge in [-0.05, 0) is 37.1 Å². The molecule has 0 aromatic heterocycles. The van der Waals surface area contributed by atoms with Crippen LogP contribution in [0.4, 0.5) is 18.9 Å². The van der Waals surface area contributed by atoms with E-state index in [0.717, 1.165) is 43.9 Å². The number of nitrogens with one attached hydrogen (secondary N) is 1. The van der Waals surface area contributed by atoms with Gasteiger partial charge < -0.3 is 5.32 Å². The van der Waals surface area contributed by atoms with Gasteiger partial charge in [-0.2, -0.15) is 4.31 Å². The number of amides is 1. The summed E-state index contributed by atoms with van der Waals surface area (Å²) in [5, 5.41) is 2.38. The molecule has 9 heteroatoms. The number of benzene rings is 2. The van der Waals surface area contributed by atoms with Crippen molar-refractivity contribution in [3.05, 3.63) is 59.2 Å². The van der Waals surface area contributed by atoms with Crippen LogP contribution in [0.2, 0.25) is 0 Å². The van der Waals surface area contributed by atoms with Crippen molar-refractivity contribution in [2.75, 3.05) is 18.4 Å². The predicted octanol–water partition coefficient (Wildman–Crippen LogP) is 4.25. The van der Waals surface area contributed by atoms with Crippen LogP contribution in [-0.2, 0) is 16.7 Å². The zero-order valence-electron chi connectivity index (χ0n) is 15.6. The highest BCUT2D eigenvalue weighted by molar-refractivity contribution is 7.89. The third kappa shape index (κ3) is 4.79. The molecule has 1 amide bonds. The minimum absolute atomic E-state index is 0.0143. The summed E-state index contributed by atoms with van der Waals surface area (Å²) in [7, 11) is -3.97. The first-order valence-electron chi connectivity index (χ1n) is 9.28. The van der Waals surface area contributed by atoms with Crippen LogP contribution in [0.25, 0.3) is 0 Å². The minimum Gasteiger partial charge on any atom is -0.322 e. The van der Waals surface area contributed by atoms with Gasteiger partial charge in [-0.1, -0.05) is 18.9 Å². The van der Waals surface area contributed by atoms with E-state index in [1.165, 1.54) is 22.5 Å². The molecule has 0 unspecified atom stereocenters. The van der Waals surface area contributed by atoms with E-state index in [0.29, 0.717) is 13.1 Å². The minimum atomic E-state index is -3.97. The van der Waals surface area contributed by atoms with Crippen molar-refractivity contribution in [2.24, 2.45) is 0 Å². The fourth-order valence-corrected chi connectivity index (χ4v) is 4.99. The van der Waals surface area contributed by atoms with Crippen LogP contribution in [0.1, 0.15) is 41.6 Å². The smallest absolute Gasteiger partial charge is 0.255 e. The van der Waals surface area contributed by atoms with Gasteiger partial charge in [-0.25, -0.2) is 21.6 Å². The van der Waals surface area contributed by atoms with Gasteiger partial charge in [0.15, 0.2) is 11.6 Å². The Morgan fingerprint density at radius 2 is 1.66 bits per heavy atom. The Labute approximate surface area is 167 Å². The zero-order valence-corrected chi connectivity index (χ0v) is 16.4. The molecule has 1 aliphatic heterocycles. The zero-order chi connectivity index (χ0) is 21.0. The monoisotopic (exact) mass is 426 g/mol. The number of sulfonamides is 1. The van der Waals surface area contributed by atoms with Gasteiger partial charge in [0.05, 0.1) is 4.90 Å². The first-order chi connectivity index (χ1) is 13.8. The third-order valence-electron chi connectivity index (χ3n) is 4.83. The van der Waals surface area contributed by atoms with E-state index in [1.807, 2.05) is 0 Å². The fourth-order valence-electron chi connectivity index (χ4n) is 3.24. The summed E-state index contributed by atoms with van der Waals surface area (Å²) in [4.78, 5) is 12.2. The molecule has 1 heterocycles. The predicted molar refractivity (Wildman–Crippen MR) is 103 cm³/mol. The first kappa shape index (κ1) is 21.3. The summed E-state index contributed by atoms with van der Waals surface area (Å²) in [5.41, 5.74) is -0.0423. The molecule has 156 valence electrons. The van der Waals surface area contributed by atoms with E-state index in [9.17, 15) is 26.4 Å². The largest absolute Gasteiger partial charge is 0.322 e. The number of hydrogen-bond acceptors (Lipinski definition) is 3. The second-order valence-electron chi connectivity index (χ2n) is 6.86. The van der Waals surface area contributed by atoms with E-state index in [2.05, 4.69) is 5.32 Å². The number of nitrogens with zero attached hydrogens (tertiary/aromatic N) is 1. The Balaban J connectivity index is 1.91. The number of hydrogen-bond donors (Lipinski definition) is 1. The van der Waals surface area contributed by atoms with Crippen molar-refractivity contribution in [3.8, 4) is 0 Å². The molecule has 29 heavy (non-hydrogen) atoms. The van der Waals surface area contributed by atoms with E-state index < -0.39 is 34.2 Å². The maximum Gasteiger partial charge on any atom is 0.255 e. The summed E-state index contributed by atoms with van der Waals surface area (Å²) in [6.07, 6.45) is 3.30. The van der Waals surface area contributed by atoms with Crippen LogP contribution >= 0.6 is 0 Å². The summed E-state index contributed by atoms with van der Waals surface area (Å²) < 4.78 is 67.3. The molecule has 5 nitrogen and oxygen atoms in total. The van der Waals surface area contributed by atoms with Crippen molar-refractivity contribution < 1.29 is 26.4 Å². The topological polar surface area (TPSA) is 66.5 Å². The lowest BCUT2D eigenvalue weighted by molar-refractivity contribution is 0.102. The molecule has 0 bridgehead atoms. The number of alkyl halides is 1. The molecule has 1 aliphatic rings. The van der Waals surface area contributed by atoms with E-state index in [-0.39, 0.29) is 21.7 Å². The summed E-state index contributed by atoms with van der Waals surface area (Å²) in [6, 6.07) is 6.55. The van der Waals surface area contributed by atoms with Gasteiger partial charge >= 0.3 is 0 Å². The van der Waals surface area contributed by atoms with Gasteiger partial charge in [-0.3, -0.25) is 4.79 Å². The van der Waals surface area contributed by atoms with Gasteiger partial charge in [0.2, 0.25) is 10.0 Å². The lowest BCUT2D eigenvalue weighted by Gasteiger charge is -2.21. The Morgan fingerprint density at radius 3 is 2.28 bits per heavy atom. The number of halogens is 3. The first-order valence-corrected chi connectivity index (χ1v) is 10.7. The normalized spacial score (nSPS) is 15.7. The Morgan fingerprint density at radius 1 is 0.966 bits per heavy atom. The van der Waals surface area contributed by atoms with E-state index in [1.54, 1.807) is 0 Å². The molecule has 2 aromatic rings. The number of carbonyl (C=O) groups excluding carboxylic acids is 1. The van der Waals surface area contributed by atoms with E-state index >= 15 is 0 Å². The van der Waals surface area contributed by atoms with Crippen molar-refractivity contribution in [3.63, 3.8) is 0 Å². The van der Waals surface area contributed by atoms with Crippen LogP contribution in [0.3, 0.4) is 0 Å².